The average Bonchev–Trinajstić information content (AvgIpc) is 3.38. The predicted octanol–water partition coefficient (Wildman–Crippen LogP) is 9.74. The van der Waals surface area contributed by atoms with Gasteiger partial charge in [-0.15, -0.1) is 0 Å². The Balaban J connectivity index is 1.01. The van der Waals surface area contributed by atoms with Crippen molar-refractivity contribution >= 4 is 46.6 Å². The lowest BCUT2D eigenvalue weighted by Crippen LogP contribution is -2.38. The zero-order valence-corrected chi connectivity index (χ0v) is 39.9. The van der Waals surface area contributed by atoms with Crippen molar-refractivity contribution in [3.63, 3.8) is 0 Å². The maximum atomic E-state index is 13.8. The Morgan fingerprint density at radius 2 is 0.943 bits per heavy atom. The number of amides is 2. The van der Waals surface area contributed by atoms with Crippen molar-refractivity contribution in [1.82, 2.24) is 19.8 Å². The second-order valence-corrected chi connectivity index (χ2v) is 17.8. The van der Waals surface area contributed by atoms with Gasteiger partial charge in [0, 0.05) is 99.9 Å². The SMILES string of the molecule is Cc1c(COc2cc(OCc3cncc(C#N)c3)c(C(=O)N3CCC(=O)CC3)cc2Cl)cccc1-c1cccc(COc2cc(OCc3cncc(C#N)c3)c(C(=O)N3CCC(=O)CC3)cc2Cl)c1C. The minimum Gasteiger partial charge on any atom is -0.488 e. The molecule has 0 N–H and O–H groups in total. The summed E-state index contributed by atoms with van der Waals surface area (Å²) in [6, 6.07) is 25.6. The summed E-state index contributed by atoms with van der Waals surface area (Å²) in [6.45, 7) is 5.50. The van der Waals surface area contributed by atoms with Gasteiger partial charge in [-0.25, -0.2) is 0 Å². The fourth-order valence-electron chi connectivity index (χ4n) is 8.27. The van der Waals surface area contributed by atoms with Gasteiger partial charge in [0.25, 0.3) is 11.8 Å². The number of halogens is 2. The molecule has 14 nitrogen and oxygen atoms in total. The zero-order valence-electron chi connectivity index (χ0n) is 38.4. The van der Waals surface area contributed by atoms with Crippen LogP contribution in [-0.4, -0.2) is 69.3 Å². The van der Waals surface area contributed by atoms with E-state index in [2.05, 4.69) is 22.1 Å². The van der Waals surface area contributed by atoms with Gasteiger partial charge in [-0.3, -0.25) is 29.1 Å². The van der Waals surface area contributed by atoms with Crippen LogP contribution < -0.4 is 18.9 Å². The van der Waals surface area contributed by atoms with Crippen LogP contribution in [0, 0.1) is 36.5 Å². The van der Waals surface area contributed by atoms with Crippen LogP contribution in [0.25, 0.3) is 11.1 Å². The molecule has 0 spiro atoms. The molecule has 0 saturated carbocycles. The smallest absolute Gasteiger partial charge is 0.257 e. The van der Waals surface area contributed by atoms with Crippen LogP contribution >= 0.6 is 23.2 Å². The van der Waals surface area contributed by atoms with E-state index < -0.39 is 0 Å². The second-order valence-electron chi connectivity index (χ2n) is 16.9. The number of nitrogens with zero attached hydrogens (tertiary/aromatic N) is 6. The Morgan fingerprint density at radius 3 is 1.33 bits per heavy atom. The molecule has 2 saturated heterocycles. The third kappa shape index (κ3) is 11.4. The van der Waals surface area contributed by atoms with Crippen LogP contribution in [0.4, 0.5) is 0 Å². The van der Waals surface area contributed by atoms with Crippen molar-refractivity contribution in [3.05, 3.63) is 163 Å². The highest BCUT2D eigenvalue weighted by atomic mass is 35.5. The average molecular weight is 978 g/mol. The van der Waals surface area contributed by atoms with Gasteiger partial charge in [-0.1, -0.05) is 59.6 Å². The van der Waals surface area contributed by atoms with Gasteiger partial charge in [0.1, 0.15) is 73.1 Å². The summed E-state index contributed by atoms with van der Waals surface area (Å²) < 4.78 is 25.1. The standard InChI is InChI=1S/C54H46Cl2N6O8/c1-33-39(31-69-51-21-49(67-29-37-17-35(23-57)25-59-27-37)45(19-47(51)55)53(65)61-13-9-41(63)10-14-61)5-3-7-43(33)44-8-4-6-40(34(44)2)32-70-52-22-50(68-30-38-18-36(24-58)26-60-28-38)46(20-48(52)56)54(66)62-15-11-42(64)12-16-62/h3-8,17-22,25-28H,9-16,29-32H2,1-2H3. The zero-order chi connectivity index (χ0) is 49.3. The van der Waals surface area contributed by atoms with E-state index in [0.29, 0.717) is 59.9 Å². The molecule has 2 fully saturated rings. The number of benzene rings is 4. The van der Waals surface area contributed by atoms with E-state index in [1.54, 1.807) is 46.5 Å². The van der Waals surface area contributed by atoms with E-state index in [9.17, 15) is 29.7 Å². The molecule has 0 bridgehead atoms. The van der Waals surface area contributed by atoms with Crippen LogP contribution in [0.5, 0.6) is 23.0 Å². The van der Waals surface area contributed by atoms with Crippen LogP contribution in [0.3, 0.4) is 0 Å². The molecular weight excluding hydrogens is 932 g/mol. The molecule has 16 heteroatoms. The molecule has 4 aromatic carbocycles. The Bertz CT molecular complexity index is 2880. The fourth-order valence-corrected chi connectivity index (χ4v) is 8.71. The van der Waals surface area contributed by atoms with Gasteiger partial charge in [-0.05, 0) is 71.5 Å². The highest BCUT2D eigenvalue weighted by molar-refractivity contribution is 6.33. The minimum absolute atomic E-state index is 0.0188. The minimum atomic E-state index is -0.320. The van der Waals surface area contributed by atoms with Crippen molar-refractivity contribution in [2.24, 2.45) is 0 Å². The third-order valence-electron chi connectivity index (χ3n) is 12.3. The lowest BCUT2D eigenvalue weighted by molar-refractivity contribution is -0.121. The molecule has 4 heterocycles. The molecule has 8 rings (SSSR count). The summed E-state index contributed by atoms with van der Waals surface area (Å²) in [5.41, 5.74) is 8.08. The van der Waals surface area contributed by atoms with E-state index in [4.69, 9.17) is 42.1 Å². The summed E-state index contributed by atoms with van der Waals surface area (Å²) in [6.07, 6.45) is 7.17. The van der Waals surface area contributed by atoms with Crippen LogP contribution in [0.2, 0.25) is 10.0 Å². The number of carbonyl (C=O) groups excluding carboxylic acids is 4. The van der Waals surface area contributed by atoms with Crippen molar-refractivity contribution in [2.75, 3.05) is 26.2 Å². The number of ether oxygens (including phenoxy) is 4. The van der Waals surface area contributed by atoms with E-state index >= 15 is 0 Å². The predicted molar refractivity (Wildman–Crippen MR) is 260 cm³/mol. The van der Waals surface area contributed by atoms with Crippen LogP contribution in [-0.2, 0) is 36.0 Å². The molecule has 2 aromatic heterocycles. The molecule has 0 atom stereocenters. The number of hydrogen-bond donors (Lipinski definition) is 0. The number of aromatic nitrogens is 2. The normalized spacial score (nSPS) is 13.6. The number of carbonyl (C=O) groups is 4. The summed E-state index contributed by atoms with van der Waals surface area (Å²) in [7, 11) is 0. The Hall–Kier alpha value is -7.78. The van der Waals surface area contributed by atoms with E-state index in [1.807, 2.05) is 50.2 Å². The first-order valence-corrected chi connectivity index (χ1v) is 23.3. The maximum absolute atomic E-state index is 13.8. The first kappa shape index (κ1) is 48.7. The molecule has 2 aliphatic rings. The van der Waals surface area contributed by atoms with Gasteiger partial charge in [0.2, 0.25) is 0 Å². The molecule has 70 heavy (non-hydrogen) atoms. The molecule has 0 unspecified atom stereocenters. The molecule has 2 amide bonds. The Morgan fingerprint density at radius 1 is 0.557 bits per heavy atom. The van der Waals surface area contributed by atoms with Gasteiger partial charge in [0.05, 0.1) is 32.3 Å². The molecule has 6 aromatic rings. The molecular formula is C54H46Cl2N6O8. The molecule has 0 radical (unpaired) electrons. The molecule has 0 aliphatic carbocycles. The first-order valence-electron chi connectivity index (χ1n) is 22.5. The highest BCUT2D eigenvalue weighted by Gasteiger charge is 2.28. The number of hydrogen-bond acceptors (Lipinski definition) is 12. The number of nitriles is 2. The number of ketones is 2. The third-order valence-corrected chi connectivity index (χ3v) is 12.9. The lowest BCUT2D eigenvalue weighted by Gasteiger charge is -2.27. The summed E-state index contributed by atoms with van der Waals surface area (Å²) >= 11 is 13.6. The molecule has 2 aliphatic heterocycles. The van der Waals surface area contributed by atoms with Crippen LogP contribution in [0.15, 0.2) is 97.6 Å². The number of likely N-dealkylation sites (tertiary alicyclic amines) is 2. The van der Waals surface area contributed by atoms with Crippen molar-refractivity contribution in [1.29, 1.82) is 10.5 Å². The van der Waals surface area contributed by atoms with Crippen molar-refractivity contribution in [3.8, 4) is 46.3 Å². The summed E-state index contributed by atoms with van der Waals surface area (Å²) in [5.74, 6) is 0.624. The quantitative estimate of drug-likeness (QED) is 0.0950. The fraction of sp³-hybridized carbons (Fsp3) is 0.259. The molecule has 354 valence electrons. The number of pyridine rings is 2. The Kier molecular flexibility index (Phi) is 15.4. The number of piperidine rings is 2. The van der Waals surface area contributed by atoms with Gasteiger partial charge >= 0.3 is 0 Å². The summed E-state index contributed by atoms with van der Waals surface area (Å²) in [5, 5.41) is 19.2. The summed E-state index contributed by atoms with van der Waals surface area (Å²) in [4.78, 5) is 63.0. The Labute approximate surface area is 414 Å². The van der Waals surface area contributed by atoms with Gasteiger partial charge < -0.3 is 28.7 Å². The second kappa shape index (κ2) is 22.1. The number of rotatable bonds is 15. The highest BCUT2D eigenvalue weighted by Crippen LogP contribution is 2.38. The largest absolute Gasteiger partial charge is 0.488 e. The topological polar surface area (TPSA) is 185 Å². The van der Waals surface area contributed by atoms with Crippen molar-refractivity contribution < 1.29 is 38.1 Å². The van der Waals surface area contributed by atoms with E-state index in [-0.39, 0.29) is 108 Å². The van der Waals surface area contributed by atoms with E-state index in [1.165, 1.54) is 24.5 Å². The van der Waals surface area contributed by atoms with E-state index in [0.717, 1.165) is 33.4 Å². The van der Waals surface area contributed by atoms with Crippen LogP contribution in [0.1, 0.15) is 90.9 Å². The van der Waals surface area contributed by atoms with Crippen molar-refractivity contribution in [2.45, 2.75) is 66.0 Å². The first-order chi connectivity index (χ1) is 33.9. The monoisotopic (exact) mass is 976 g/mol. The number of Topliss-reactive ketones (excluding diaryl/α,β-unsaturated/α-hetero) is 2. The lowest BCUT2D eigenvalue weighted by atomic mass is 9.92. The van der Waals surface area contributed by atoms with Gasteiger partial charge in [0.15, 0.2) is 0 Å². The van der Waals surface area contributed by atoms with Gasteiger partial charge in [-0.2, -0.15) is 10.5 Å². The maximum Gasteiger partial charge on any atom is 0.257 e.